The van der Waals surface area contributed by atoms with Gasteiger partial charge in [0.15, 0.2) is 0 Å². The van der Waals surface area contributed by atoms with Crippen molar-refractivity contribution in [1.82, 2.24) is 15.0 Å². The second-order valence-corrected chi connectivity index (χ2v) is 16.7. The van der Waals surface area contributed by atoms with Gasteiger partial charge in [-0.2, -0.15) is 0 Å². The summed E-state index contributed by atoms with van der Waals surface area (Å²) in [6.45, 7) is 0. The van der Waals surface area contributed by atoms with Crippen LogP contribution in [0.15, 0.2) is 231 Å². The van der Waals surface area contributed by atoms with E-state index in [2.05, 4.69) is 121 Å². The zero-order valence-corrected chi connectivity index (χ0v) is 36.3. The minimum Gasteiger partial charge on any atom is -0.275 e. The summed E-state index contributed by atoms with van der Waals surface area (Å²) < 4.78 is 0. The third-order valence-electron chi connectivity index (χ3n) is 12.6. The van der Waals surface area contributed by atoms with E-state index in [-0.39, 0.29) is 5.91 Å². The number of para-hydroxylation sites is 1. The largest absolute Gasteiger partial charge is 0.275 e. The molecule has 0 radical (unpaired) electrons. The van der Waals surface area contributed by atoms with Crippen LogP contribution in [0.3, 0.4) is 0 Å². The minimum atomic E-state index is -0.172. The van der Waals surface area contributed by atoms with Gasteiger partial charge < -0.3 is 0 Å². The van der Waals surface area contributed by atoms with Gasteiger partial charge in [0.05, 0.1) is 29.0 Å². The van der Waals surface area contributed by atoms with E-state index in [4.69, 9.17) is 15.0 Å². The maximum Gasteiger partial charge on any atom is 0.262 e. The highest BCUT2D eigenvalue weighted by Gasteiger charge is 2.24. The Hall–Kier alpha value is -8.54. The van der Waals surface area contributed by atoms with E-state index >= 15 is 4.79 Å². The SMILES string of the molecule is O=C(c1cc(-c2ccccc2-c2ccc(-c3ccccc3)nc2)cc(-c2ccccc2-c2ccc(-c3ccccc3)nc2)c1)N(c1ccccc1)c1ccc(-c2ccc3c(c2)CCC3)nc1. The number of aryl methyl sites for hydroxylation is 2. The van der Waals surface area contributed by atoms with Crippen molar-refractivity contribution in [2.24, 2.45) is 0 Å². The Morgan fingerprint density at radius 3 is 1.32 bits per heavy atom. The van der Waals surface area contributed by atoms with Crippen molar-refractivity contribution in [1.29, 1.82) is 0 Å². The van der Waals surface area contributed by atoms with Crippen LogP contribution in [-0.2, 0) is 12.8 Å². The molecule has 0 atom stereocenters. The summed E-state index contributed by atoms with van der Waals surface area (Å²) >= 11 is 0. The van der Waals surface area contributed by atoms with E-state index in [9.17, 15) is 0 Å². The van der Waals surface area contributed by atoms with Gasteiger partial charge in [0.1, 0.15) is 0 Å². The molecule has 11 rings (SSSR count). The van der Waals surface area contributed by atoms with Gasteiger partial charge in [0.2, 0.25) is 0 Å². The number of rotatable bonds is 10. The first-order chi connectivity index (χ1) is 32.6. The molecule has 1 aliphatic carbocycles. The van der Waals surface area contributed by atoms with Crippen molar-refractivity contribution >= 4 is 17.3 Å². The summed E-state index contributed by atoms with van der Waals surface area (Å²) in [5.74, 6) is -0.172. The molecule has 0 aliphatic heterocycles. The Balaban J connectivity index is 1.04. The highest BCUT2D eigenvalue weighted by molar-refractivity contribution is 6.12. The van der Waals surface area contributed by atoms with Crippen molar-refractivity contribution in [3.63, 3.8) is 0 Å². The number of anilines is 2. The molecule has 7 aromatic carbocycles. The summed E-state index contributed by atoms with van der Waals surface area (Å²) in [5, 5.41) is 0. The van der Waals surface area contributed by atoms with Crippen LogP contribution in [0.2, 0.25) is 0 Å². The maximum atomic E-state index is 15.5. The molecule has 0 fully saturated rings. The monoisotopic (exact) mass is 848 g/mol. The summed E-state index contributed by atoms with van der Waals surface area (Å²) in [6, 6.07) is 72.3. The maximum absolute atomic E-state index is 15.5. The fraction of sp³-hybridized carbons (Fsp3) is 0.0492. The van der Waals surface area contributed by atoms with Gasteiger partial charge in [-0.3, -0.25) is 24.6 Å². The molecule has 0 saturated carbocycles. The number of aromatic nitrogens is 3. The smallest absolute Gasteiger partial charge is 0.262 e. The summed E-state index contributed by atoms with van der Waals surface area (Å²) in [4.78, 5) is 32.1. The summed E-state index contributed by atoms with van der Waals surface area (Å²) in [7, 11) is 0. The second-order valence-electron chi connectivity index (χ2n) is 16.7. The molecule has 314 valence electrons. The van der Waals surface area contributed by atoms with Crippen LogP contribution in [0.4, 0.5) is 11.4 Å². The molecule has 0 bridgehead atoms. The molecule has 0 N–H and O–H groups in total. The zero-order chi connectivity index (χ0) is 44.2. The number of pyridine rings is 3. The van der Waals surface area contributed by atoms with Gasteiger partial charge in [0, 0.05) is 51.5 Å². The van der Waals surface area contributed by atoms with Crippen molar-refractivity contribution in [2.45, 2.75) is 19.3 Å². The van der Waals surface area contributed by atoms with Crippen molar-refractivity contribution < 1.29 is 4.79 Å². The molecule has 3 heterocycles. The molecule has 0 unspecified atom stereocenters. The molecule has 66 heavy (non-hydrogen) atoms. The fourth-order valence-corrected chi connectivity index (χ4v) is 9.21. The predicted octanol–water partition coefficient (Wildman–Crippen LogP) is 15.0. The number of carbonyl (C=O) groups excluding carboxylic acids is 1. The first-order valence-corrected chi connectivity index (χ1v) is 22.5. The molecule has 5 heteroatoms. The number of nitrogens with zero attached hydrogens (tertiary/aromatic N) is 4. The summed E-state index contributed by atoms with van der Waals surface area (Å²) in [6.07, 6.45) is 9.12. The van der Waals surface area contributed by atoms with E-state index in [1.165, 1.54) is 17.5 Å². The Labute approximate surface area is 385 Å². The Bertz CT molecular complexity index is 3170. The van der Waals surface area contributed by atoms with E-state index in [1.54, 1.807) is 4.90 Å². The number of amides is 1. The summed E-state index contributed by atoms with van der Waals surface area (Å²) in [5.41, 5.74) is 18.5. The van der Waals surface area contributed by atoms with Crippen LogP contribution in [0.1, 0.15) is 27.9 Å². The number of carbonyl (C=O) groups is 1. The fourth-order valence-electron chi connectivity index (χ4n) is 9.21. The van der Waals surface area contributed by atoms with Gasteiger partial charge in [-0.15, -0.1) is 0 Å². The van der Waals surface area contributed by atoms with E-state index in [0.29, 0.717) is 11.3 Å². The third kappa shape index (κ3) is 8.10. The molecule has 3 aromatic heterocycles. The molecule has 10 aromatic rings. The van der Waals surface area contributed by atoms with Crippen LogP contribution in [0.5, 0.6) is 0 Å². The standard InChI is InChI=1S/C61H44N4O/c66-61(65(52-21-8-3-9-22-52)53-31-34-60(64-41-53)46-28-27-42-19-14-20-45(42)35-46)51-37-49(56-25-12-10-23-54(56)47-29-32-58(62-39-47)43-15-4-1-5-16-43)36-50(38-51)57-26-13-11-24-55(57)48-30-33-59(63-40-48)44-17-6-2-7-18-44/h1-13,15-18,21-41H,14,19-20H2. The van der Waals surface area contributed by atoms with Crippen molar-refractivity contribution in [3.05, 3.63) is 248 Å². The molecular formula is C61H44N4O. The Kier molecular flexibility index (Phi) is 10.9. The molecule has 1 amide bonds. The average molecular weight is 849 g/mol. The normalized spacial score (nSPS) is 11.8. The van der Waals surface area contributed by atoms with Crippen LogP contribution in [0.25, 0.3) is 78.3 Å². The predicted molar refractivity (Wildman–Crippen MR) is 269 cm³/mol. The molecule has 1 aliphatic rings. The van der Waals surface area contributed by atoms with Gasteiger partial charge >= 0.3 is 0 Å². The van der Waals surface area contributed by atoms with E-state index < -0.39 is 0 Å². The number of hydrogen-bond acceptors (Lipinski definition) is 4. The first kappa shape index (κ1) is 40.2. The van der Waals surface area contributed by atoms with Crippen molar-refractivity contribution in [3.8, 4) is 78.3 Å². The molecule has 0 saturated heterocycles. The molecule has 5 nitrogen and oxygen atoms in total. The average Bonchev–Trinajstić information content (AvgIpc) is 3.88. The van der Waals surface area contributed by atoms with Crippen molar-refractivity contribution in [2.75, 3.05) is 4.90 Å². The topological polar surface area (TPSA) is 59.0 Å². The van der Waals surface area contributed by atoms with E-state index in [1.807, 2.05) is 110 Å². The second kappa shape index (κ2) is 17.9. The highest BCUT2D eigenvalue weighted by Crippen LogP contribution is 2.40. The number of hydrogen-bond donors (Lipinski definition) is 0. The lowest BCUT2D eigenvalue weighted by Gasteiger charge is -2.24. The molecule has 0 spiro atoms. The lowest BCUT2D eigenvalue weighted by atomic mass is 9.89. The van der Waals surface area contributed by atoms with Crippen LogP contribution >= 0.6 is 0 Å². The van der Waals surface area contributed by atoms with Crippen LogP contribution in [-0.4, -0.2) is 20.9 Å². The number of benzene rings is 7. The number of fused-ring (bicyclic) bond motifs is 1. The van der Waals surface area contributed by atoms with Gasteiger partial charge in [-0.05, 0) is 124 Å². The lowest BCUT2D eigenvalue weighted by molar-refractivity contribution is 0.0999. The Morgan fingerprint density at radius 2 is 0.803 bits per heavy atom. The lowest BCUT2D eigenvalue weighted by Crippen LogP contribution is -2.26. The van der Waals surface area contributed by atoms with Gasteiger partial charge in [0.25, 0.3) is 5.91 Å². The Morgan fingerprint density at radius 1 is 0.348 bits per heavy atom. The van der Waals surface area contributed by atoms with Gasteiger partial charge in [-0.1, -0.05) is 152 Å². The quantitative estimate of drug-likeness (QED) is 0.138. The zero-order valence-electron chi connectivity index (χ0n) is 36.3. The van der Waals surface area contributed by atoms with Crippen LogP contribution in [0, 0.1) is 0 Å². The first-order valence-electron chi connectivity index (χ1n) is 22.5. The van der Waals surface area contributed by atoms with E-state index in [0.717, 1.165) is 96.8 Å². The minimum absolute atomic E-state index is 0.172. The third-order valence-corrected chi connectivity index (χ3v) is 12.6. The molecular weight excluding hydrogens is 805 g/mol. The van der Waals surface area contributed by atoms with Crippen LogP contribution < -0.4 is 4.90 Å². The van der Waals surface area contributed by atoms with Gasteiger partial charge in [-0.25, -0.2) is 0 Å². The highest BCUT2D eigenvalue weighted by atomic mass is 16.2.